The number of nitrogens with zero attached hydrogens (tertiary/aromatic N) is 4. The van der Waals surface area contributed by atoms with Crippen molar-refractivity contribution in [3.63, 3.8) is 0 Å². The third kappa shape index (κ3) is 6.89. The minimum absolute atomic E-state index is 0.198. The first-order valence-corrected chi connectivity index (χ1v) is 18.4. The summed E-state index contributed by atoms with van der Waals surface area (Å²) < 4.78 is 28.4. The number of morpholine rings is 1. The molecule has 2 aliphatic heterocycles. The van der Waals surface area contributed by atoms with Gasteiger partial charge in [0.15, 0.2) is 0 Å². The molecule has 2 aliphatic rings. The summed E-state index contributed by atoms with van der Waals surface area (Å²) in [5.41, 5.74) is 6.30. The van der Waals surface area contributed by atoms with Gasteiger partial charge in [-0.25, -0.2) is 4.79 Å². The second kappa shape index (κ2) is 15.6. The van der Waals surface area contributed by atoms with E-state index in [2.05, 4.69) is 40.7 Å². The summed E-state index contributed by atoms with van der Waals surface area (Å²) in [6.45, 7) is 10.2. The highest BCUT2D eigenvalue weighted by Gasteiger charge is 2.32. The van der Waals surface area contributed by atoms with Crippen molar-refractivity contribution < 1.29 is 23.7 Å². The maximum atomic E-state index is 13.9. The number of ether oxygens (including phenoxy) is 4. The largest absolute Gasteiger partial charge is 0.493 e. The molecule has 50 heavy (non-hydrogen) atoms. The number of benzene rings is 3. The monoisotopic (exact) mass is 698 g/mol. The minimum atomic E-state index is -0.312. The van der Waals surface area contributed by atoms with Gasteiger partial charge in [0.1, 0.15) is 17.5 Å². The van der Waals surface area contributed by atoms with Crippen LogP contribution in [0.2, 0.25) is 5.02 Å². The van der Waals surface area contributed by atoms with E-state index in [4.69, 9.17) is 35.6 Å². The fraction of sp³-hybridized carbons (Fsp3) is 0.450. The van der Waals surface area contributed by atoms with Crippen LogP contribution in [0.5, 0.6) is 5.75 Å². The van der Waals surface area contributed by atoms with Crippen molar-refractivity contribution in [2.75, 3.05) is 52.7 Å². The van der Waals surface area contributed by atoms with Crippen LogP contribution in [0.15, 0.2) is 54.6 Å². The highest BCUT2D eigenvalue weighted by Crippen LogP contribution is 2.45. The van der Waals surface area contributed by atoms with Crippen molar-refractivity contribution in [2.45, 2.75) is 58.6 Å². The van der Waals surface area contributed by atoms with Gasteiger partial charge in [0.05, 0.1) is 42.7 Å². The van der Waals surface area contributed by atoms with Crippen LogP contribution in [0.4, 0.5) is 0 Å². The van der Waals surface area contributed by atoms with Crippen LogP contribution in [0.25, 0.3) is 32.8 Å². The van der Waals surface area contributed by atoms with Crippen molar-refractivity contribution in [3.8, 4) is 16.9 Å². The zero-order chi connectivity index (χ0) is 34.6. The minimum Gasteiger partial charge on any atom is -0.493 e. The van der Waals surface area contributed by atoms with Crippen molar-refractivity contribution in [2.24, 2.45) is 7.05 Å². The molecule has 1 unspecified atom stereocenters. The number of hydrogen-bond acceptors (Lipinski definition) is 7. The van der Waals surface area contributed by atoms with Crippen molar-refractivity contribution in [3.05, 3.63) is 82.3 Å². The molecule has 9 nitrogen and oxygen atoms in total. The topological polar surface area (TPSA) is 80.0 Å². The van der Waals surface area contributed by atoms with E-state index < -0.39 is 0 Å². The molecule has 0 aliphatic carbocycles. The Bertz CT molecular complexity index is 1970. The van der Waals surface area contributed by atoms with E-state index >= 15 is 0 Å². The number of carbonyl (C=O) groups excluding carboxylic acids is 1. The summed E-state index contributed by atoms with van der Waals surface area (Å²) in [6.07, 6.45) is 3.67. The van der Waals surface area contributed by atoms with Gasteiger partial charge in [-0.15, -0.1) is 0 Å². The van der Waals surface area contributed by atoms with Crippen LogP contribution >= 0.6 is 11.6 Å². The summed E-state index contributed by atoms with van der Waals surface area (Å²) in [5, 5.41) is 8.95. The van der Waals surface area contributed by atoms with E-state index in [1.165, 1.54) is 0 Å². The van der Waals surface area contributed by atoms with E-state index in [0.29, 0.717) is 43.5 Å². The molecule has 1 saturated heterocycles. The molecule has 264 valence electrons. The third-order valence-corrected chi connectivity index (χ3v) is 10.5. The molecule has 0 saturated carbocycles. The number of halogens is 1. The second-order valence-corrected chi connectivity index (χ2v) is 13.6. The average Bonchev–Trinajstić information content (AvgIpc) is 3.59. The number of rotatable bonds is 10. The summed E-state index contributed by atoms with van der Waals surface area (Å²) in [4.78, 5) is 16.3. The van der Waals surface area contributed by atoms with Crippen LogP contribution < -0.4 is 4.74 Å². The summed E-state index contributed by atoms with van der Waals surface area (Å²) in [7, 11) is 1.98. The first-order chi connectivity index (χ1) is 24.5. The predicted octanol–water partition coefficient (Wildman–Crippen LogP) is 7.92. The molecule has 3 aromatic carbocycles. The Labute approximate surface area is 299 Å². The van der Waals surface area contributed by atoms with Gasteiger partial charge in [-0.2, -0.15) is 5.10 Å². The lowest BCUT2D eigenvalue weighted by molar-refractivity contribution is 0.00973. The molecule has 0 amide bonds. The first-order valence-electron chi connectivity index (χ1n) is 18.0. The third-order valence-electron chi connectivity index (χ3n) is 10.1. The Kier molecular flexibility index (Phi) is 10.8. The van der Waals surface area contributed by atoms with Crippen LogP contribution in [-0.2, 0) is 34.2 Å². The fourth-order valence-electron chi connectivity index (χ4n) is 7.58. The second-order valence-electron chi connectivity index (χ2n) is 13.2. The van der Waals surface area contributed by atoms with Crippen molar-refractivity contribution in [1.82, 2.24) is 19.2 Å². The summed E-state index contributed by atoms with van der Waals surface area (Å²) >= 11 is 7.22. The maximum absolute atomic E-state index is 13.9. The van der Waals surface area contributed by atoms with Gasteiger partial charge in [-0.05, 0) is 69.0 Å². The van der Waals surface area contributed by atoms with Crippen LogP contribution in [0.1, 0.15) is 66.2 Å². The fourth-order valence-corrected chi connectivity index (χ4v) is 7.83. The van der Waals surface area contributed by atoms with Gasteiger partial charge in [0, 0.05) is 67.4 Å². The first kappa shape index (κ1) is 34.6. The van der Waals surface area contributed by atoms with Gasteiger partial charge in [0.25, 0.3) is 0 Å². The van der Waals surface area contributed by atoms with Gasteiger partial charge < -0.3 is 23.5 Å². The Morgan fingerprint density at radius 2 is 1.80 bits per heavy atom. The lowest BCUT2D eigenvalue weighted by Gasteiger charge is -2.28. The summed E-state index contributed by atoms with van der Waals surface area (Å²) in [5.74, 6) is 0.554. The lowest BCUT2D eigenvalue weighted by Crippen LogP contribution is -2.37. The van der Waals surface area contributed by atoms with Gasteiger partial charge in [-0.3, -0.25) is 9.58 Å². The van der Waals surface area contributed by atoms with E-state index in [9.17, 15) is 4.79 Å². The molecule has 1 atom stereocenters. The predicted molar refractivity (Wildman–Crippen MR) is 197 cm³/mol. The summed E-state index contributed by atoms with van der Waals surface area (Å²) in [6, 6.07) is 18.4. The number of aryl methyl sites for hydroxylation is 3. The van der Waals surface area contributed by atoms with E-state index in [0.717, 1.165) is 114 Å². The number of carbonyl (C=O) groups is 1. The molecule has 1 fully saturated rings. The molecule has 0 spiro atoms. The quantitative estimate of drug-likeness (QED) is 0.108. The molecule has 7 rings (SSSR count). The van der Waals surface area contributed by atoms with Gasteiger partial charge >= 0.3 is 5.97 Å². The maximum Gasteiger partial charge on any atom is 0.355 e. The number of esters is 1. The molecule has 2 aromatic heterocycles. The Morgan fingerprint density at radius 1 is 0.980 bits per heavy atom. The zero-order valence-electron chi connectivity index (χ0n) is 29.4. The molecule has 10 heteroatoms. The molecule has 4 heterocycles. The zero-order valence-corrected chi connectivity index (χ0v) is 30.1. The number of aromatic nitrogens is 3. The van der Waals surface area contributed by atoms with E-state index in [-0.39, 0.29) is 12.1 Å². The van der Waals surface area contributed by atoms with Crippen molar-refractivity contribution >= 4 is 39.2 Å². The molecule has 0 N–H and O–H groups in total. The highest BCUT2D eigenvalue weighted by molar-refractivity contribution is 6.35. The highest BCUT2D eigenvalue weighted by atomic mass is 35.5. The van der Waals surface area contributed by atoms with Crippen molar-refractivity contribution in [1.29, 1.82) is 0 Å². The van der Waals surface area contributed by atoms with E-state index in [1.54, 1.807) is 0 Å². The molecular weight excluding hydrogens is 652 g/mol. The van der Waals surface area contributed by atoms with Crippen LogP contribution in [-0.4, -0.2) is 77.9 Å². The number of hydrogen-bond donors (Lipinski definition) is 0. The molecule has 0 radical (unpaired) electrons. The molecule has 5 aromatic rings. The normalized spacial score (nSPS) is 17.1. The molecular formula is C40H47ClN4O5. The van der Waals surface area contributed by atoms with Gasteiger partial charge in [-0.1, -0.05) is 54.1 Å². The Hall–Kier alpha value is -3.89. The smallest absolute Gasteiger partial charge is 0.355 e. The SMILES string of the molecule is CCOC(=O)c1c(CCCOc2cccc3ccccc23)c2ccc(Cl)c3c2n1CCCCOC(CCN1CCOCC1)c1nn(C)c(C)c1-3. The van der Waals surface area contributed by atoms with Crippen LogP contribution in [0, 0.1) is 6.92 Å². The van der Waals surface area contributed by atoms with Crippen LogP contribution in [0.3, 0.4) is 0 Å². The number of fused-ring (bicyclic) bond motifs is 3. The standard InChI is InChI=1S/C40H47ClN4O5/c1-4-48-40(46)39-30(14-10-24-49-33-15-9-12-28-11-5-6-13-29(28)33)31-16-17-32(41)36-35-27(2)43(3)42-37(35)34(18-20-44-21-25-47-26-22-44)50-23-8-7-19-45(39)38(31)36/h5-6,9,11-13,15-17,34H,4,7-8,10,14,18-26H2,1-3H3. The lowest BCUT2D eigenvalue weighted by atomic mass is 9.95. The van der Waals surface area contributed by atoms with Gasteiger partial charge in [0.2, 0.25) is 0 Å². The van der Waals surface area contributed by atoms with E-state index in [1.807, 2.05) is 49.0 Å². The Morgan fingerprint density at radius 3 is 2.64 bits per heavy atom. The molecule has 0 bridgehead atoms. The Balaban J connectivity index is 1.30. The average molecular weight is 699 g/mol.